The van der Waals surface area contributed by atoms with E-state index in [4.69, 9.17) is 0 Å². The lowest BCUT2D eigenvalue weighted by molar-refractivity contribution is -0.143. The molecule has 0 atom stereocenters. The summed E-state index contributed by atoms with van der Waals surface area (Å²) in [6, 6.07) is 9.61. The fourth-order valence-electron chi connectivity index (χ4n) is 3.88. The molecule has 1 aliphatic heterocycles. The number of nitrogens with zero attached hydrogens (tertiary/aromatic N) is 2. The SMILES string of the molecule is O=C(c1ccc(-c2c[nH]c3cc[nH]c23)cc1)N1CCN(C(=O)C2(O)CC2)CC1. The molecule has 7 heteroatoms. The van der Waals surface area contributed by atoms with E-state index in [1.165, 1.54) is 0 Å². The van der Waals surface area contributed by atoms with Crippen LogP contribution in [0.2, 0.25) is 0 Å². The number of carbonyl (C=O) groups excluding carboxylic acids is 2. The lowest BCUT2D eigenvalue weighted by Crippen LogP contribution is -2.53. The molecular formula is C21H22N4O3. The smallest absolute Gasteiger partial charge is 0.254 e. The largest absolute Gasteiger partial charge is 0.380 e. The van der Waals surface area contributed by atoms with Crippen LogP contribution in [-0.4, -0.2) is 68.5 Å². The number of piperazine rings is 1. The van der Waals surface area contributed by atoms with Crippen molar-refractivity contribution in [1.29, 1.82) is 0 Å². The van der Waals surface area contributed by atoms with Crippen LogP contribution in [0.1, 0.15) is 23.2 Å². The molecule has 0 spiro atoms. The van der Waals surface area contributed by atoms with Crippen LogP contribution >= 0.6 is 0 Å². The molecule has 28 heavy (non-hydrogen) atoms. The molecule has 2 aromatic heterocycles. The molecule has 2 amide bonds. The highest BCUT2D eigenvalue weighted by molar-refractivity contribution is 5.97. The van der Waals surface area contributed by atoms with Gasteiger partial charge in [0, 0.05) is 49.7 Å². The summed E-state index contributed by atoms with van der Waals surface area (Å²) in [5.74, 6) is -0.214. The van der Waals surface area contributed by atoms with Crippen molar-refractivity contribution in [3.05, 3.63) is 48.3 Å². The first-order valence-electron chi connectivity index (χ1n) is 9.61. The summed E-state index contributed by atoms with van der Waals surface area (Å²) in [7, 11) is 0. The summed E-state index contributed by atoms with van der Waals surface area (Å²) in [5, 5.41) is 9.98. The van der Waals surface area contributed by atoms with Gasteiger partial charge in [0.2, 0.25) is 0 Å². The van der Waals surface area contributed by atoms with E-state index in [0.29, 0.717) is 44.6 Å². The molecule has 1 saturated carbocycles. The zero-order valence-electron chi connectivity index (χ0n) is 15.4. The number of H-pyrrole nitrogens is 2. The molecule has 0 bridgehead atoms. The molecule has 0 unspecified atom stereocenters. The molecule has 3 aromatic rings. The molecule has 0 radical (unpaired) electrons. The standard InChI is InChI=1S/C21H22N4O3/c26-19(24-9-11-25(12-10-24)20(27)21(28)6-7-21)15-3-1-14(2-4-15)16-13-23-17-5-8-22-18(16)17/h1-5,8,13,22-23,28H,6-7,9-12H2. The minimum Gasteiger partial charge on any atom is -0.380 e. The lowest BCUT2D eigenvalue weighted by atomic mass is 10.0. The van der Waals surface area contributed by atoms with Gasteiger partial charge in [0.1, 0.15) is 5.60 Å². The number of aromatic nitrogens is 2. The summed E-state index contributed by atoms with van der Waals surface area (Å²) in [6.45, 7) is 1.92. The zero-order chi connectivity index (χ0) is 19.3. The summed E-state index contributed by atoms with van der Waals surface area (Å²) in [6.07, 6.45) is 4.96. The Morgan fingerprint density at radius 2 is 1.61 bits per heavy atom. The number of benzene rings is 1. The Labute approximate surface area is 161 Å². The van der Waals surface area contributed by atoms with E-state index >= 15 is 0 Å². The van der Waals surface area contributed by atoms with Crippen LogP contribution in [0.15, 0.2) is 42.7 Å². The van der Waals surface area contributed by atoms with Gasteiger partial charge in [0.15, 0.2) is 0 Å². The van der Waals surface area contributed by atoms with E-state index in [2.05, 4.69) is 9.97 Å². The predicted molar refractivity (Wildman–Crippen MR) is 105 cm³/mol. The summed E-state index contributed by atoms with van der Waals surface area (Å²) in [4.78, 5) is 34.9. The Bertz CT molecular complexity index is 1040. The number of hydrogen-bond acceptors (Lipinski definition) is 3. The monoisotopic (exact) mass is 378 g/mol. The van der Waals surface area contributed by atoms with Crippen molar-refractivity contribution in [3.63, 3.8) is 0 Å². The first-order valence-corrected chi connectivity index (χ1v) is 9.61. The van der Waals surface area contributed by atoms with Gasteiger partial charge in [0.25, 0.3) is 11.8 Å². The van der Waals surface area contributed by atoms with E-state index in [9.17, 15) is 14.7 Å². The maximum absolute atomic E-state index is 12.8. The number of aliphatic hydroxyl groups is 1. The number of nitrogens with one attached hydrogen (secondary N) is 2. The Morgan fingerprint density at radius 1 is 0.929 bits per heavy atom. The highest BCUT2D eigenvalue weighted by atomic mass is 16.3. The van der Waals surface area contributed by atoms with Gasteiger partial charge in [-0.25, -0.2) is 0 Å². The van der Waals surface area contributed by atoms with E-state index in [1.807, 2.05) is 42.7 Å². The topological polar surface area (TPSA) is 92.4 Å². The molecule has 1 saturated heterocycles. The van der Waals surface area contributed by atoms with Crippen LogP contribution in [-0.2, 0) is 4.79 Å². The predicted octanol–water partition coefficient (Wildman–Crippen LogP) is 1.97. The fraction of sp³-hybridized carbons (Fsp3) is 0.333. The number of aromatic amines is 2. The van der Waals surface area contributed by atoms with Crippen LogP contribution in [0.25, 0.3) is 22.2 Å². The average Bonchev–Trinajstić information content (AvgIpc) is 3.14. The second-order valence-corrected chi connectivity index (χ2v) is 7.66. The quantitative estimate of drug-likeness (QED) is 0.651. The third kappa shape index (κ3) is 2.79. The summed E-state index contributed by atoms with van der Waals surface area (Å²) in [5.41, 5.74) is 3.73. The van der Waals surface area contributed by atoms with Gasteiger partial charge in [-0.2, -0.15) is 0 Å². The third-order valence-corrected chi connectivity index (χ3v) is 5.81. The minimum absolute atomic E-state index is 0.0251. The van der Waals surface area contributed by atoms with Crippen LogP contribution in [0.3, 0.4) is 0 Å². The van der Waals surface area contributed by atoms with Crippen LogP contribution < -0.4 is 0 Å². The molecule has 144 valence electrons. The summed E-state index contributed by atoms with van der Waals surface area (Å²) >= 11 is 0. The van der Waals surface area contributed by atoms with E-state index < -0.39 is 5.60 Å². The van der Waals surface area contributed by atoms with Gasteiger partial charge in [0.05, 0.1) is 11.0 Å². The number of fused-ring (bicyclic) bond motifs is 1. The number of rotatable bonds is 3. The van der Waals surface area contributed by atoms with Gasteiger partial charge < -0.3 is 24.9 Å². The van der Waals surface area contributed by atoms with Gasteiger partial charge in [-0.3, -0.25) is 9.59 Å². The second kappa shape index (κ2) is 6.24. The van der Waals surface area contributed by atoms with Crippen LogP contribution in [0.5, 0.6) is 0 Å². The van der Waals surface area contributed by atoms with Crippen molar-refractivity contribution in [2.24, 2.45) is 0 Å². The van der Waals surface area contributed by atoms with Gasteiger partial charge >= 0.3 is 0 Å². The first-order chi connectivity index (χ1) is 13.5. The van der Waals surface area contributed by atoms with Gasteiger partial charge in [-0.05, 0) is 36.6 Å². The molecule has 1 aliphatic carbocycles. The zero-order valence-corrected chi connectivity index (χ0v) is 15.4. The average molecular weight is 378 g/mol. The summed E-state index contributed by atoms with van der Waals surface area (Å²) < 4.78 is 0. The van der Waals surface area contributed by atoms with E-state index in [1.54, 1.807) is 9.80 Å². The molecule has 2 fully saturated rings. The normalized spacial score (nSPS) is 18.5. The van der Waals surface area contributed by atoms with Crippen molar-refractivity contribution in [3.8, 4) is 11.1 Å². The molecule has 2 aliphatic rings. The minimum atomic E-state index is -1.13. The van der Waals surface area contributed by atoms with Crippen molar-refractivity contribution < 1.29 is 14.7 Å². The maximum atomic E-state index is 12.8. The van der Waals surface area contributed by atoms with Crippen molar-refractivity contribution in [1.82, 2.24) is 19.8 Å². The first kappa shape index (κ1) is 17.1. The van der Waals surface area contributed by atoms with Crippen LogP contribution in [0, 0.1) is 0 Å². The van der Waals surface area contributed by atoms with Crippen molar-refractivity contribution >= 4 is 22.8 Å². The molecular weight excluding hydrogens is 356 g/mol. The maximum Gasteiger partial charge on any atom is 0.254 e. The fourth-order valence-corrected chi connectivity index (χ4v) is 3.88. The molecule has 5 rings (SSSR count). The van der Waals surface area contributed by atoms with Gasteiger partial charge in [-0.1, -0.05) is 12.1 Å². The Hall–Kier alpha value is -3.06. The highest BCUT2D eigenvalue weighted by Crippen LogP contribution is 2.37. The van der Waals surface area contributed by atoms with Crippen molar-refractivity contribution in [2.45, 2.75) is 18.4 Å². The molecule has 7 nitrogen and oxygen atoms in total. The molecule has 3 N–H and O–H groups in total. The number of carbonyl (C=O) groups is 2. The van der Waals surface area contributed by atoms with E-state index in [0.717, 1.165) is 22.2 Å². The number of amides is 2. The lowest BCUT2D eigenvalue weighted by Gasteiger charge is -2.35. The highest BCUT2D eigenvalue weighted by Gasteiger charge is 2.50. The van der Waals surface area contributed by atoms with Crippen LogP contribution in [0.4, 0.5) is 0 Å². The molecule has 3 heterocycles. The second-order valence-electron chi connectivity index (χ2n) is 7.66. The van der Waals surface area contributed by atoms with Gasteiger partial charge in [-0.15, -0.1) is 0 Å². The molecule has 1 aromatic carbocycles. The Morgan fingerprint density at radius 3 is 2.29 bits per heavy atom. The van der Waals surface area contributed by atoms with Crippen molar-refractivity contribution in [2.75, 3.05) is 26.2 Å². The Kier molecular flexibility index (Phi) is 3.80. The Balaban J connectivity index is 1.26. The third-order valence-electron chi connectivity index (χ3n) is 5.81. The number of hydrogen-bond donors (Lipinski definition) is 3. The van der Waals surface area contributed by atoms with E-state index in [-0.39, 0.29) is 11.8 Å².